The van der Waals surface area contributed by atoms with Gasteiger partial charge in [0.15, 0.2) is 5.60 Å². The molecular formula is C20H22F3N3O5S. The lowest BCUT2D eigenvalue weighted by atomic mass is 9.96. The summed E-state index contributed by atoms with van der Waals surface area (Å²) in [5, 5.41) is 20.6. The highest BCUT2D eigenvalue weighted by molar-refractivity contribution is 7.89. The van der Waals surface area contributed by atoms with Crippen molar-refractivity contribution in [1.29, 1.82) is 0 Å². The zero-order chi connectivity index (χ0) is 23.9. The highest BCUT2D eigenvalue weighted by Gasteiger charge is 2.51. The van der Waals surface area contributed by atoms with Gasteiger partial charge in [0, 0.05) is 43.5 Å². The van der Waals surface area contributed by atoms with Crippen LogP contribution >= 0.6 is 0 Å². The number of halogens is 3. The van der Waals surface area contributed by atoms with Crippen LogP contribution in [0.4, 0.5) is 24.5 Å². The van der Waals surface area contributed by atoms with Crippen molar-refractivity contribution < 1.29 is 31.6 Å². The van der Waals surface area contributed by atoms with Crippen molar-refractivity contribution in [3.05, 3.63) is 64.2 Å². The molecule has 1 aliphatic rings. The topological polar surface area (TPSA) is 104 Å². The molecule has 2 aromatic rings. The van der Waals surface area contributed by atoms with Crippen molar-refractivity contribution >= 4 is 21.4 Å². The van der Waals surface area contributed by atoms with Crippen LogP contribution in [-0.4, -0.2) is 54.6 Å². The fourth-order valence-electron chi connectivity index (χ4n) is 3.57. The molecule has 0 saturated carbocycles. The van der Waals surface area contributed by atoms with Gasteiger partial charge in [0.05, 0.1) is 9.82 Å². The van der Waals surface area contributed by atoms with Crippen molar-refractivity contribution in [1.82, 2.24) is 4.31 Å². The molecule has 1 N–H and O–H groups in total. The molecule has 1 saturated heterocycles. The third kappa shape index (κ3) is 4.43. The molecule has 1 unspecified atom stereocenters. The van der Waals surface area contributed by atoms with Gasteiger partial charge >= 0.3 is 6.18 Å². The van der Waals surface area contributed by atoms with E-state index in [4.69, 9.17) is 0 Å². The van der Waals surface area contributed by atoms with Crippen LogP contribution in [0.1, 0.15) is 19.4 Å². The molecular weight excluding hydrogens is 451 g/mol. The van der Waals surface area contributed by atoms with Gasteiger partial charge in [-0.05, 0) is 43.7 Å². The Bertz CT molecular complexity index is 1090. The van der Waals surface area contributed by atoms with Crippen molar-refractivity contribution in [3.63, 3.8) is 0 Å². The second-order valence-electron chi connectivity index (χ2n) is 7.78. The SMILES string of the molecule is CC1CN(c2ccc([N+](=O)[O-])cc2)CCN1S(=O)(=O)c1ccc([C@](C)(O)C(F)(F)F)cc1. The molecule has 1 aliphatic heterocycles. The monoisotopic (exact) mass is 473 g/mol. The largest absolute Gasteiger partial charge is 0.421 e. The summed E-state index contributed by atoms with van der Waals surface area (Å²) in [6.07, 6.45) is -4.91. The number of piperazine rings is 1. The van der Waals surface area contributed by atoms with Crippen LogP contribution in [0.25, 0.3) is 0 Å². The number of rotatable bonds is 5. The van der Waals surface area contributed by atoms with Crippen LogP contribution < -0.4 is 4.90 Å². The van der Waals surface area contributed by atoms with E-state index < -0.39 is 38.3 Å². The van der Waals surface area contributed by atoms with E-state index in [1.807, 2.05) is 4.90 Å². The number of nitro groups is 1. The van der Waals surface area contributed by atoms with Gasteiger partial charge in [-0.15, -0.1) is 0 Å². The van der Waals surface area contributed by atoms with Crippen LogP contribution in [0.2, 0.25) is 0 Å². The lowest BCUT2D eigenvalue weighted by Gasteiger charge is -2.40. The highest BCUT2D eigenvalue weighted by atomic mass is 32.2. The summed E-state index contributed by atoms with van der Waals surface area (Å²) in [4.78, 5) is 12.0. The molecule has 0 amide bonds. The summed E-state index contributed by atoms with van der Waals surface area (Å²) >= 11 is 0. The molecule has 0 radical (unpaired) electrons. The minimum atomic E-state index is -4.91. The number of non-ortho nitro benzene ring substituents is 1. The molecule has 2 aromatic carbocycles. The standard InChI is InChI=1S/C20H22F3N3O5S/c1-14-13-24(16-5-7-17(8-6-16)26(28)29)11-12-25(14)32(30,31)18-9-3-15(4-10-18)19(2,27)20(21,22)23/h3-10,14,27H,11-13H2,1-2H3/t14?,19-/m0/s1. The average Bonchev–Trinajstić information content (AvgIpc) is 2.72. The molecule has 0 bridgehead atoms. The Hall–Kier alpha value is -2.70. The summed E-state index contributed by atoms with van der Waals surface area (Å²) in [7, 11) is -3.98. The second kappa shape index (κ2) is 8.34. The number of hydrogen-bond acceptors (Lipinski definition) is 6. The van der Waals surface area contributed by atoms with E-state index in [0.29, 0.717) is 20.0 Å². The summed E-state index contributed by atoms with van der Waals surface area (Å²) in [6, 6.07) is 9.51. The fourth-order valence-corrected chi connectivity index (χ4v) is 5.18. The van der Waals surface area contributed by atoms with Gasteiger partial charge in [-0.25, -0.2) is 8.42 Å². The van der Waals surface area contributed by atoms with Gasteiger partial charge in [0.2, 0.25) is 10.0 Å². The molecule has 174 valence electrons. The number of alkyl halides is 3. The van der Waals surface area contributed by atoms with Gasteiger partial charge < -0.3 is 10.0 Å². The fraction of sp³-hybridized carbons (Fsp3) is 0.400. The zero-order valence-electron chi connectivity index (χ0n) is 17.3. The van der Waals surface area contributed by atoms with Crippen LogP contribution in [0.5, 0.6) is 0 Å². The molecule has 2 atom stereocenters. The Balaban J connectivity index is 1.76. The number of anilines is 1. The third-order valence-electron chi connectivity index (χ3n) is 5.57. The van der Waals surface area contributed by atoms with E-state index >= 15 is 0 Å². The maximum absolute atomic E-state index is 13.1. The van der Waals surface area contributed by atoms with Crippen molar-refractivity contribution in [2.45, 2.75) is 36.6 Å². The number of hydrogen-bond donors (Lipinski definition) is 1. The number of nitrogens with zero attached hydrogens (tertiary/aromatic N) is 3. The average molecular weight is 473 g/mol. The molecule has 0 aromatic heterocycles. The Labute approximate surface area is 183 Å². The Morgan fingerprint density at radius 3 is 2.09 bits per heavy atom. The normalized spacial score (nSPS) is 20.1. The van der Waals surface area contributed by atoms with Crippen LogP contribution in [0.3, 0.4) is 0 Å². The van der Waals surface area contributed by atoms with Crippen molar-refractivity contribution in [3.8, 4) is 0 Å². The molecule has 0 spiro atoms. The molecule has 32 heavy (non-hydrogen) atoms. The Morgan fingerprint density at radius 2 is 1.62 bits per heavy atom. The molecule has 3 rings (SSSR count). The van der Waals surface area contributed by atoms with E-state index in [1.54, 1.807) is 19.1 Å². The zero-order valence-corrected chi connectivity index (χ0v) is 18.1. The van der Waals surface area contributed by atoms with Crippen LogP contribution in [0.15, 0.2) is 53.4 Å². The predicted octanol–water partition coefficient (Wildman–Crippen LogP) is 3.26. The first-order valence-corrected chi connectivity index (χ1v) is 11.1. The van der Waals surface area contributed by atoms with Gasteiger partial charge in [0.25, 0.3) is 5.69 Å². The summed E-state index contributed by atoms with van der Waals surface area (Å²) in [5.41, 5.74) is -2.88. The molecule has 1 heterocycles. The summed E-state index contributed by atoms with van der Waals surface area (Å²) in [6.45, 7) is 3.11. The smallest absolute Gasteiger partial charge is 0.376 e. The molecule has 12 heteroatoms. The molecule has 0 aliphatic carbocycles. The lowest BCUT2D eigenvalue weighted by Crippen LogP contribution is -2.54. The van der Waals surface area contributed by atoms with Crippen molar-refractivity contribution in [2.75, 3.05) is 24.5 Å². The first kappa shape index (κ1) is 24.0. The predicted molar refractivity (Wildman–Crippen MR) is 111 cm³/mol. The maximum Gasteiger partial charge on any atom is 0.421 e. The first-order chi connectivity index (χ1) is 14.7. The van der Waals surface area contributed by atoms with Gasteiger partial charge in [-0.1, -0.05) is 12.1 Å². The maximum atomic E-state index is 13.1. The molecule has 8 nitrogen and oxygen atoms in total. The van der Waals surface area contributed by atoms with Gasteiger partial charge in [-0.2, -0.15) is 17.5 Å². The number of aliphatic hydroxyl groups is 1. The number of benzene rings is 2. The minimum Gasteiger partial charge on any atom is -0.376 e. The lowest BCUT2D eigenvalue weighted by molar-refractivity contribution is -0.384. The van der Waals surface area contributed by atoms with Gasteiger partial charge in [0.1, 0.15) is 0 Å². The molecule has 1 fully saturated rings. The number of nitro benzene ring substituents is 1. The van der Waals surface area contributed by atoms with E-state index in [1.165, 1.54) is 16.4 Å². The first-order valence-electron chi connectivity index (χ1n) is 9.66. The van der Waals surface area contributed by atoms with E-state index in [9.17, 15) is 36.8 Å². The Morgan fingerprint density at radius 1 is 1.06 bits per heavy atom. The minimum absolute atomic E-state index is 0.0454. The summed E-state index contributed by atoms with van der Waals surface area (Å²) in [5.74, 6) is 0. The quantitative estimate of drug-likeness (QED) is 0.528. The van der Waals surface area contributed by atoms with E-state index in [0.717, 1.165) is 30.0 Å². The van der Waals surface area contributed by atoms with Crippen LogP contribution in [-0.2, 0) is 15.6 Å². The summed E-state index contributed by atoms with van der Waals surface area (Å²) < 4.78 is 66.5. The van der Waals surface area contributed by atoms with E-state index in [-0.39, 0.29) is 17.1 Å². The highest BCUT2D eigenvalue weighted by Crippen LogP contribution is 2.38. The second-order valence-corrected chi connectivity index (χ2v) is 9.67. The third-order valence-corrected chi connectivity index (χ3v) is 7.60. The van der Waals surface area contributed by atoms with E-state index in [2.05, 4.69) is 0 Å². The van der Waals surface area contributed by atoms with Gasteiger partial charge in [-0.3, -0.25) is 10.1 Å². The van der Waals surface area contributed by atoms with Crippen LogP contribution in [0, 0.1) is 10.1 Å². The number of sulfonamides is 1. The Kier molecular flexibility index (Phi) is 6.24. The van der Waals surface area contributed by atoms with Crippen molar-refractivity contribution in [2.24, 2.45) is 0 Å².